The third-order valence-corrected chi connectivity index (χ3v) is 8.54. The van der Waals surface area contributed by atoms with Gasteiger partial charge in [0, 0.05) is 36.6 Å². The number of anilines is 2. The Morgan fingerprint density at radius 3 is 2.69 bits per heavy atom. The van der Waals surface area contributed by atoms with Gasteiger partial charge in [0.25, 0.3) is 0 Å². The molecule has 2 aromatic heterocycles. The summed E-state index contributed by atoms with van der Waals surface area (Å²) < 4.78 is 20.0. The molecule has 2 aliphatic heterocycles. The fourth-order valence-electron chi connectivity index (χ4n) is 5.78. The number of aryl methyl sites for hydroxylation is 2. The third-order valence-electron chi connectivity index (χ3n) is 7.27. The fraction of sp³-hybridized carbons (Fsp3) is 0.522. The number of benzene rings is 1. The monoisotopic (exact) mass is 472 g/mol. The quantitative estimate of drug-likeness (QED) is 0.573. The van der Waals surface area contributed by atoms with Gasteiger partial charge in [-0.3, -0.25) is 0 Å². The zero-order chi connectivity index (χ0) is 21.8. The van der Waals surface area contributed by atoms with Crippen LogP contribution in [-0.2, 0) is 6.54 Å². The number of nitrogens with zero attached hydrogens (tertiary/aromatic N) is 5. The average Bonchev–Trinajstić information content (AvgIpc) is 3.44. The van der Waals surface area contributed by atoms with Gasteiger partial charge in [-0.05, 0) is 79.7 Å². The number of fused-ring (bicyclic) bond motifs is 3. The number of piperidine rings is 1. The van der Waals surface area contributed by atoms with Crippen LogP contribution in [0.3, 0.4) is 0 Å². The highest BCUT2D eigenvalue weighted by atomic mass is 35.5. The standard InChI is InChI=1S/C23H26ClFN6S/c1-13-9-20(32-29-13)30-11-14-4-5-15(12-30)21(14)26-23-27-22-18(3-2-8-31(22)28-23)17-7-6-16(25)10-19(17)24/h6-7,9-10,14-15,18,21H,2-5,8,11-12H2,1H3,(H,26,28)/t14-,15?,18?,21-/m0/s1. The normalized spacial score (nSPS) is 26.9. The summed E-state index contributed by atoms with van der Waals surface area (Å²) in [6.07, 6.45) is 4.42. The first kappa shape index (κ1) is 20.4. The summed E-state index contributed by atoms with van der Waals surface area (Å²) in [6, 6.07) is 7.26. The lowest BCUT2D eigenvalue weighted by atomic mass is 9.91. The molecule has 0 spiro atoms. The molecule has 1 aliphatic carbocycles. The summed E-state index contributed by atoms with van der Waals surface area (Å²) >= 11 is 7.99. The molecule has 2 unspecified atom stereocenters. The number of rotatable bonds is 4. The van der Waals surface area contributed by atoms with Crippen LogP contribution < -0.4 is 10.2 Å². The molecule has 0 radical (unpaired) electrons. The van der Waals surface area contributed by atoms with E-state index in [9.17, 15) is 4.39 Å². The molecule has 1 saturated carbocycles. The number of hydrogen-bond donors (Lipinski definition) is 1. The highest BCUT2D eigenvalue weighted by Crippen LogP contribution is 2.42. The molecule has 3 aromatic rings. The molecule has 6 nitrogen and oxygen atoms in total. The smallest absolute Gasteiger partial charge is 0.242 e. The molecule has 1 aromatic carbocycles. The Morgan fingerprint density at radius 2 is 1.97 bits per heavy atom. The maximum Gasteiger partial charge on any atom is 0.242 e. The van der Waals surface area contributed by atoms with Crippen molar-refractivity contribution in [2.45, 2.75) is 51.1 Å². The molecule has 0 amide bonds. The van der Waals surface area contributed by atoms with Gasteiger partial charge in [-0.2, -0.15) is 9.36 Å². The maximum atomic E-state index is 13.6. The molecular weight excluding hydrogens is 447 g/mol. The molecule has 1 saturated heterocycles. The Balaban J connectivity index is 1.21. The van der Waals surface area contributed by atoms with Crippen LogP contribution in [0.2, 0.25) is 5.02 Å². The molecule has 32 heavy (non-hydrogen) atoms. The summed E-state index contributed by atoms with van der Waals surface area (Å²) in [4.78, 5) is 7.41. The van der Waals surface area contributed by atoms with Crippen LogP contribution in [0.25, 0.3) is 0 Å². The number of halogens is 2. The van der Waals surface area contributed by atoms with E-state index in [1.54, 1.807) is 17.6 Å². The zero-order valence-corrected chi connectivity index (χ0v) is 19.5. The zero-order valence-electron chi connectivity index (χ0n) is 18.0. The Hall–Kier alpha value is -2.19. The van der Waals surface area contributed by atoms with Gasteiger partial charge < -0.3 is 10.2 Å². The average molecular weight is 473 g/mol. The lowest BCUT2D eigenvalue weighted by molar-refractivity contribution is 0.377. The first-order valence-corrected chi connectivity index (χ1v) is 12.5. The molecule has 168 valence electrons. The van der Waals surface area contributed by atoms with Crippen molar-refractivity contribution in [1.82, 2.24) is 19.1 Å². The predicted octanol–water partition coefficient (Wildman–Crippen LogP) is 5.09. The van der Waals surface area contributed by atoms with Crippen LogP contribution in [0.4, 0.5) is 15.3 Å². The second-order valence-electron chi connectivity index (χ2n) is 9.36. The fourth-order valence-corrected chi connectivity index (χ4v) is 6.85. The van der Waals surface area contributed by atoms with Gasteiger partial charge in [0.05, 0.1) is 5.69 Å². The molecule has 3 aliphatic rings. The van der Waals surface area contributed by atoms with Crippen molar-refractivity contribution in [3.63, 3.8) is 0 Å². The van der Waals surface area contributed by atoms with Crippen molar-refractivity contribution in [2.75, 3.05) is 23.3 Å². The van der Waals surface area contributed by atoms with E-state index >= 15 is 0 Å². The van der Waals surface area contributed by atoms with Crippen LogP contribution in [-0.4, -0.2) is 38.3 Å². The van der Waals surface area contributed by atoms with E-state index in [-0.39, 0.29) is 11.7 Å². The highest BCUT2D eigenvalue weighted by Gasteiger charge is 2.43. The first-order chi connectivity index (χ1) is 15.5. The van der Waals surface area contributed by atoms with Gasteiger partial charge in [-0.1, -0.05) is 17.7 Å². The van der Waals surface area contributed by atoms with E-state index in [0.717, 1.165) is 49.6 Å². The molecule has 9 heteroatoms. The summed E-state index contributed by atoms with van der Waals surface area (Å²) in [5, 5.41) is 10.2. The molecule has 4 atom stereocenters. The Labute approximate surface area is 196 Å². The number of nitrogens with one attached hydrogen (secondary N) is 1. The minimum Gasteiger partial charge on any atom is -0.361 e. The second kappa shape index (κ2) is 7.99. The summed E-state index contributed by atoms with van der Waals surface area (Å²) in [5.74, 6) is 2.55. The van der Waals surface area contributed by atoms with Gasteiger partial charge in [-0.25, -0.2) is 9.07 Å². The van der Waals surface area contributed by atoms with Gasteiger partial charge in [0.2, 0.25) is 5.95 Å². The lowest BCUT2D eigenvalue weighted by Gasteiger charge is -2.38. The van der Waals surface area contributed by atoms with Crippen molar-refractivity contribution < 1.29 is 4.39 Å². The van der Waals surface area contributed by atoms with Crippen LogP contribution in [0, 0.1) is 24.6 Å². The molecular formula is C23H26ClFN6S. The van der Waals surface area contributed by atoms with E-state index in [0.29, 0.717) is 28.8 Å². The van der Waals surface area contributed by atoms with E-state index in [4.69, 9.17) is 21.7 Å². The van der Waals surface area contributed by atoms with E-state index < -0.39 is 0 Å². The molecule has 2 bridgehead atoms. The third kappa shape index (κ3) is 3.57. The van der Waals surface area contributed by atoms with Gasteiger partial charge in [-0.15, -0.1) is 5.10 Å². The number of aromatic nitrogens is 4. The Bertz CT molecular complexity index is 1130. The van der Waals surface area contributed by atoms with Gasteiger partial charge >= 0.3 is 0 Å². The van der Waals surface area contributed by atoms with Crippen molar-refractivity contribution in [1.29, 1.82) is 0 Å². The van der Waals surface area contributed by atoms with Crippen molar-refractivity contribution in [3.8, 4) is 0 Å². The second-order valence-corrected chi connectivity index (χ2v) is 10.5. The molecule has 4 heterocycles. The first-order valence-electron chi connectivity index (χ1n) is 11.4. The van der Waals surface area contributed by atoms with Crippen molar-refractivity contribution in [3.05, 3.63) is 52.2 Å². The van der Waals surface area contributed by atoms with Gasteiger partial charge in [0.1, 0.15) is 16.6 Å². The van der Waals surface area contributed by atoms with Gasteiger partial charge in [0.15, 0.2) is 0 Å². The minimum atomic E-state index is -0.311. The lowest BCUT2D eigenvalue weighted by Crippen LogP contribution is -2.48. The van der Waals surface area contributed by atoms with E-state index in [2.05, 4.69) is 27.6 Å². The van der Waals surface area contributed by atoms with Crippen LogP contribution in [0.5, 0.6) is 0 Å². The van der Waals surface area contributed by atoms with E-state index in [1.807, 2.05) is 4.68 Å². The van der Waals surface area contributed by atoms with Crippen molar-refractivity contribution in [2.24, 2.45) is 11.8 Å². The molecule has 6 rings (SSSR count). The van der Waals surface area contributed by atoms with Crippen LogP contribution in [0.1, 0.15) is 48.7 Å². The van der Waals surface area contributed by atoms with Crippen LogP contribution >= 0.6 is 23.1 Å². The SMILES string of the molecule is Cc1cc(N2CC3CC[C@@H](C2)[C@@H]3Nc2nc3n(n2)CCCC3c2ccc(F)cc2Cl)sn1. The summed E-state index contributed by atoms with van der Waals surface area (Å²) in [6.45, 7) is 5.02. The van der Waals surface area contributed by atoms with E-state index in [1.165, 1.54) is 30.0 Å². The Morgan fingerprint density at radius 1 is 1.16 bits per heavy atom. The molecule has 1 N–H and O–H groups in total. The van der Waals surface area contributed by atoms with Crippen LogP contribution in [0.15, 0.2) is 24.3 Å². The molecule has 2 fully saturated rings. The largest absolute Gasteiger partial charge is 0.361 e. The topological polar surface area (TPSA) is 58.9 Å². The Kier molecular flexibility index (Phi) is 5.10. The minimum absolute atomic E-state index is 0.0491. The predicted molar refractivity (Wildman–Crippen MR) is 125 cm³/mol. The maximum absolute atomic E-state index is 13.6. The van der Waals surface area contributed by atoms with Crippen molar-refractivity contribution >= 4 is 34.1 Å². The summed E-state index contributed by atoms with van der Waals surface area (Å²) in [7, 11) is 0. The summed E-state index contributed by atoms with van der Waals surface area (Å²) in [5.41, 5.74) is 2.03. The number of hydrogen-bond acceptors (Lipinski definition) is 6. The highest BCUT2D eigenvalue weighted by molar-refractivity contribution is 7.10.